The highest BCUT2D eigenvalue weighted by Gasteiger charge is 2.38. The van der Waals surface area contributed by atoms with Gasteiger partial charge in [-0.2, -0.15) is 0 Å². The molecule has 102 valence electrons. The predicted octanol–water partition coefficient (Wildman–Crippen LogP) is 3.10. The molecule has 0 amide bonds. The van der Waals surface area contributed by atoms with E-state index in [9.17, 15) is 5.11 Å². The monoisotopic (exact) mass is 268 g/mol. The van der Waals surface area contributed by atoms with E-state index < -0.39 is 14.4 Å². The van der Waals surface area contributed by atoms with Crippen molar-refractivity contribution in [1.82, 2.24) is 0 Å². The van der Waals surface area contributed by atoms with Crippen molar-refractivity contribution < 1.29 is 14.6 Å². The Kier molecular flexibility index (Phi) is 4.59. The molecule has 18 heavy (non-hydrogen) atoms. The van der Waals surface area contributed by atoms with Crippen LogP contribution in [0.1, 0.15) is 32.4 Å². The summed E-state index contributed by atoms with van der Waals surface area (Å²) < 4.78 is 6.15. The van der Waals surface area contributed by atoms with Crippen molar-refractivity contribution in [3.05, 3.63) is 29.8 Å². The van der Waals surface area contributed by atoms with Gasteiger partial charge in [-0.15, -0.1) is 0 Å². The molecule has 3 nitrogen and oxygen atoms in total. The van der Waals surface area contributed by atoms with Gasteiger partial charge in [-0.25, -0.2) is 0 Å². The van der Waals surface area contributed by atoms with E-state index in [0.717, 1.165) is 5.75 Å². The smallest absolute Gasteiger partial charge is 0.250 e. The topological polar surface area (TPSA) is 49.7 Å². The highest BCUT2D eigenvalue weighted by atomic mass is 28.4. The van der Waals surface area contributed by atoms with Crippen molar-refractivity contribution in [3.8, 4) is 5.75 Å². The van der Waals surface area contributed by atoms with Crippen LogP contribution in [0.25, 0.3) is 0 Å². The second-order valence-electron chi connectivity index (χ2n) is 6.13. The fraction of sp³-hybridized carbons (Fsp3) is 0.571. The summed E-state index contributed by atoms with van der Waals surface area (Å²) in [5, 5.41) is 18.7. The normalized spacial score (nSPS) is 14.4. The van der Waals surface area contributed by atoms with Crippen molar-refractivity contribution in [3.63, 3.8) is 0 Å². The van der Waals surface area contributed by atoms with Gasteiger partial charge in [0.2, 0.25) is 8.32 Å². The van der Waals surface area contributed by atoms with E-state index in [4.69, 9.17) is 9.53 Å². The number of hydrogen-bond acceptors (Lipinski definition) is 3. The lowest BCUT2D eigenvalue weighted by atomic mass is 10.1. The molecule has 0 radical (unpaired) electrons. The molecule has 0 aliphatic heterocycles. The van der Waals surface area contributed by atoms with Gasteiger partial charge in [0, 0.05) is 0 Å². The summed E-state index contributed by atoms with van der Waals surface area (Å²) in [6.07, 6.45) is -0.840. The minimum atomic E-state index is -1.86. The molecule has 0 heterocycles. The van der Waals surface area contributed by atoms with Crippen LogP contribution in [0.5, 0.6) is 5.75 Å². The van der Waals surface area contributed by atoms with Gasteiger partial charge in [-0.05, 0) is 35.8 Å². The highest BCUT2D eigenvalue weighted by Crippen LogP contribution is 2.37. The van der Waals surface area contributed by atoms with E-state index in [1.165, 1.54) is 0 Å². The number of aliphatic hydroxyl groups is 2. The molecule has 1 atom stereocenters. The SMILES string of the molecule is CC(C)(C)[Si](C)(C)Oc1cccc([C@@H](O)CO)c1. The summed E-state index contributed by atoms with van der Waals surface area (Å²) in [4.78, 5) is 0. The second kappa shape index (κ2) is 5.43. The lowest BCUT2D eigenvalue weighted by molar-refractivity contribution is 0.0955. The van der Waals surface area contributed by atoms with Gasteiger partial charge in [0.25, 0.3) is 0 Å². The van der Waals surface area contributed by atoms with Gasteiger partial charge >= 0.3 is 0 Å². The molecule has 1 aromatic carbocycles. The maximum atomic E-state index is 9.62. The Balaban J connectivity index is 2.92. The van der Waals surface area contributed by atoms with Crippen LogP contribution in [0, 0.1) is 0 Å². The van der Waals surface area contributed by atoms with Gasteiger partial charge in [0.1, 0.15) is 11.9 Å². The van der Waals surface area contributed by atoms with Crippen LogP contribution in [-0.4, -0.2) is 25.1 Å². The van der Waals surface area contributed by atoms with Gasteiger partial charge in [-0.1, -0.05) is 32.9 Å². The largest absolute Gasteiger partial charge is 0.543 e. The third-order valence-corrected chi connectivity index (χ3v) is 7.95. The standard InChI is InChI=1S/C14H24O3Si/c1-14(2,3)18(4,5)17-12-8-6-7-11(9-12)13(16)10-15/h6-9,13,15-16H,10H2,1-5H3/t13-/m0/s1. The minimum absolute atomic E-state index is 0.137. The quantitative estimate of drug-likeness (QED) is 0.825. The highest BCUT2D eigenvalue weighted by molar-refractivity contribution is 6.74. The zero-order valence-electron chi connectivity index (χ0n) is 11.9. The van der Waals surface area contributed by atoms with Crippen LogP contribution in [0.15, 0.2) is 24.3 Å². The number of rotatable bonds is 4. The molecule has 0 saturated heterocycles. The van der Waals surface area contributed by atoms with Crippen LogP contribution in [0.2, 0.25) is 18.1 Å². The molecule has 0 aromatic heterocycles. The van der Waals surface area contributed by atoms with Crippen molar-refractivity contribution in [2.45, 2.75) is 45.0 Å². The number of aliphatic hydroxyl groups excluding tert-OH is 2. The number of hydrogen-bond donors (Lipinski definition) is 2. The maximum Gasteiger partial charge on any atom is 0.250 e. The Hall–Kier alpha value is -0.843. The first-order valence-electron chi connectivity index (χ1n) is 6.25. The first-order valence-corrected chi connectivity index (χ1v) is 9.16. The van der Waals surface area contributed by atoms with Crippen molar-refractivity contribution in [1.29, 1.82) is 0 Å². The molecule has 1 rings (SSSR count). The molecule has 0 bridgehead atoms. The molecule has 0 aliphatic rings. The first-order chi connectivity index (χ1) is 8.17. The molecular weight excluding hydrogens is 244 g/mol. The zero-order chi connectivity index (χ0) is 14.0. The third kappa shape index (κ3) is 3.57. The van der Waals surface area contributed by atoms with E-state index in [2.05, 4.69) is 33.9 Å². The van der Waals surface area contributed by atoms with Gasteiger partial charge < -0.3 is 14.6 Å². The van der Waals surface area contributed by atoms with Crippen LogP contribution < -0.4 is 4.43 Å². The Labute approximate surface area is 111 Å². The van der Waals surface area contributed by atoms with Crippen molar-refractivity contribution in [2.75, 3.05) is 6.61 Å². The lowest BCUT2D eigenvalue weighted by Crippen LogP contribution is -2.43. The van der Waals surface area contributed by atoms with Crippen LogP contribution in [0.4, 0.5) is 0 Å². The molecule has 2 N–H and O–H groups in total. The lowest BCUT2D eigenvalue weighted by Gasteiger charge is -2.36. The molecule has 0 saturated carbocycles. The molecule has 1 aromatic rings. The molecule has 4 heteroatoms. The Morgan fingerprint density at radius 3 is 2.39 bits per heavy atom. The summed E-state index contributed by atoms with van der Waals surface area (Å²) in [7, 11) is -1.86. The van der Waals surface area contributed by atoms with E-state index in [-0.39, 0.29) is 11.6 Å². The van der Waals surface area contributed by atoms with E-state index >= 15 is 0 Å². The summed E-state index contributed by atoms with van der Waals surface area (Å²) in [6, 6.07) is 7.34. The molecule has 0 fully saturated rings. The molecule has 0 spiro atoms. The molecule has 0 unspecified atom stereocenters. The summed E-state index contributed by atoms with van der Waals surface area (Å²) in [5.74, 6) is 0.770. The van der Waals surface area contributed by atoms with Gasteiger partial charge in [-0.3, -0.25) is 0 Å². The Morgan fingerprint density at radius 1 is 1.28 bits per heavy atom. The van der Waals surface area contributed by atoms with Crippen LogP contribution in [0.3, 0.4) is 0 Å². The molecular formula is C14H24O3Si. The first kappa shape index (κ1) is 15.2. The van der Waals surface area contributed by atoms with Crippen LogP contribution in [-0.2, 0) is 0 Å². The Morgan fingerprint density at radius 2 is 1.89 bits per heavy atom. The zero-order valence-corrected chi connectivity index (χ0v) is 12.9. The third-order valence-electron chi connectivity index (χ3n) is 3.59. The summed E-state index contributed by atoms with van der Waals surface area (Å²) >= 11 is 0. The van der Waals surface area contributed by atoms with Crippen LogP contribution >= 0.6 is 0 Å². The number of benzene rings is 1. The van der Waals surface area contributed by atoms with E-state index in [0.29, 0.717) is 5.56 Å². The average molecular weight is 268 g/mol. The average Bonchev–Trinajstić information content (AvgIpc) is 2.26. The Bertz CT molecular complexity index is 396. The fourth-order valence-electron chi connectivity index (χ4n) is 1.34. The second-order valence-corrected chi connectivity index (χ2v) is 10.9. The predicted molar refractivity (Wildman–Crippen MR) is 76.3 cm³/mol. The van der Waals surface area contributed by atoms with Crippen molar-refractivity contribution >= 4 is 8.32 Å². The summed E-state index contributed by atoms with van der Waals surface area (Å²) in [6.45, 7) is 10.6. The van der Waals surface area contributed by atoms with Crippen molar-refractivity contribution in [2.24, 2.45) is 0 Å². The van der Waals surface area contributed by atoms with E-state index in [1.807, 2.05) is 12.1 Å². The summed E-state index contributed by atoms with van der Waals surface area (Å²) in [5.41, 5.74) is 0.689. The van der Waals surface area contributed by atoms with Gasteiger partial charge in [0.05, 0.1) is 6.61 Å². The van der Waals surface area contributed by atoms with Gasteiger partial charge in [0.15, 0.2) is 0 Å². The maximum absolute atomic E-state index is 9.62. The fourth-order valence-corrected chi connectivity index (χ4v) is 2.36. The van der Waals surface area contributed by atoms with E-state index in [1.54, 1.807) is 12.1 Å². The minimum Gasteiger partial charge on any atom is -0.543 e. The molecule has 0 aliphatic carbocycles.